The minimum Gasteiger partial charge on any atom is -0.255 e. The average molecular weight is 447 g/mol. The van der Waals surface area contributed by atoms with E-state index in [4.69, 9.17) is 4.31 Å². The maximum absolute atomic E-state index is 14.6. The lowest BCUT2D eigenvalue weighted by molar-refractivity contribution is 0.195. The molecule has 0 aromatic rings. The third kappa shape index (κ3) is 5.03. The van der Waals surface area contributed by atoms with Crippen LogP contribution in [0.2, 0.25) is 0 Å². The minimum atomic E-state index is -3.30. The quantitative estimate of drug-likeness (QED) is 0.522. The predicted molar refractivity (Wildman–Crippen MR) is 118 cm³/mol. The maximum atomic E-state index is 14.6. The van der Waals surface area contributed by atoms with E-state index in [1.54, 1.807) is 0 Å². The van der Waals surface area contributed by atoms with Crippen molar-refractivity contribution in [3.63, 3.8) is 0 Å². The summed E-state index contributed by atoms with van der Waals surface area (Å²) < 4.78 is 44.1. The second-order valence-electron chi connectivity index (χ2n) is 9.12. The van der Waals surface area contributed by atoms with Crippen molar-refractivity contribution in [3.8, 4) is 0 Å². The van der Waals surface area contributed by atoms with Crippen LogP contribution in [0.3, 0.4) is 0 Å². The number of piperidine rings is 4. The lowest BCUT2D eigenvalue weighted by Crippen LogP contribution is -2.42. The Balaban J connectivity index is 1.65. The minimum absolute atomic E-state index is 0.799. The van der Waals surface area contributed by atoms with E-state index < -0.39 is 15.3 Å². The molecular weight excluding hydrogens is 406 g/mol. The van der Waals surface area contributed by atoms with Crippen molar-refractivity contribution in [1.29, 1.82) is 0 Å². The maximum Gasteiger partial charge on any atom is 0.353 e. The Bertz CT molecular complexity index is 515. The van der Waals surface area contributed by atoms with Crippen LogP contribution in [0.25, 0.3) is 0 Å². The van der Waals surface area contributed by atoms with Gasteiger partial charge in [-0.2, -0.15) is 0 Å². The topological polar surface area (TPSA) is 56.3 Å². The van der Waals surface area contributed by atoms with Crippen LogP contribution >= 0.6 is 15.3 Å². The van der Waals surface area contributed by atoms with Crippen molar-refractivity contribution < 1.29 is 13.4 Å². The Morgan fingerprint density at radius 2 is 0.586 bits per heavy atom. The van der Waals surface area contributed by atoms with Gasteiger partial charge in [0.1, 0.15) is 0 Å². The van der Waals surface area contributed by atoms with Gasteiger partial charge in [-0.3, -0.25) is 9.13 Å². The highest BCUT2D eigenvalue weighted by Crippen LogP contribution is 2.71. The fourth-order valence-corrected chi connectivity index (χ4v) is 11.9. The van der Waals surface area contributed by atoms with Crippen molar-refractivity contribution >= 4 is 15.3 Å². The van der Waals surface area contributed by atoms with Gasteiger partial charge in [0.05, 0.1) is 0 Å². The molecule has 4 rings (SSSR count). The van der Waals surface area contributed by atoms with Gasteiger partial charge in [-0.1, -0.05) is 25.7 Å². The van der Waals surface area contributed by atoms with Crippen LogP contribution in [0, 0.1) is 0 Å². The lowest BCUT2D eigenvalue weighted by Gasteiger charge is -2.47. The molecule has 4 fully saturated rings. The highest BCUT2D eigenvalue weighted by Gasteiger charge is 2.50. The fourth-order valence-electron chi connectivity index (χ4n) is 5.22. The van der Waals surface area contributed by atoms with Crippen molar-refractivity contribution in [2.24, 2.45) is 0 Å². The van der Waals surface area contributed by atoms with E-state index in [1.165, 1.54) is 25.7 Å². The summed E-state index contributed by atoms with van der Waals surface area (Å²) in [5, 5.41) is 0. The molecule has 0 aromatic heterocycles. The summed E-state index contributed by atoms with van der Waals surface area (Å²) >= 11 is 0. The molecule has 4 heterocycles. The molecule has 4 aliphatic heterocycles. The van der Waals surface area contributed by atoms with Crippen molar-refractivity contribution in [1.82, 2.24) is 18.7 Å². The van der Waals surface area contributed by atoms with E-state index in [-0.39, 0.29) is 0 Å². The molecule has 0 amide bonds. The highest BCUT2D eigenvalue weighted by atomic mass is 31.3. The third-order valence-corrected chi connectivity index (χ3v) is 13.1. The second-order valence-corrected chi connectivity index (χ2v) is 14.0. The summed E-state index contributed by atoms with van der Waals surface area (Å²) in [6.45, 7) is 6.40. The van der Waals surface area contributed by atoms with E-state index in [0.717, 1.165) is 104 Å². The molecule has 0 spiro atoms. The van der Waals surface area contributed by atoms with Crippen LogP contribution in [0.4, 0.5) is 0 Å². The summed E-state index contributed by atoms with van der Waals surface area (Å²) in [5.41, 5.74) is 0. The van der Waals surface area contributed by atoms with E-state index >= 15 is 0 Å². The third-order valence-electron chi connectivity index (χ3n) is 6.97. The van der Waals surface area contributed by atoms with Crippen LogP contribution in [-0.4, -0.2) is 71.0 Å². The summed E-state index contributed by atoms with van der Waals surface area (Å²) in [6, 6.07) is 0. The van der Waals surface area contributed by atoms with Gasteiger partial charge in [0.2, 0.25) is 0 Å². The molecule has 0 aliphatic carbocycles. The molecule has 0 N–H and O–H groups in total. The molecule has 9 heteroatoms. The molecular formula is C20H40N4O3P2. The van der Waals surface area contributed by atoms with Gasteiger partial charge in [-0.15, -0.1) is 0 Å². The Morgan fingerprint density at radius 1 is 0.379 bits per heavy atom. The van der Waals surface area contributed by atoms with Gasteiger partial charge in [0, 0.05) is 52.4 Å². The number of hydrogen-bond donors (Lipinski definition) is 0. The summed E-state index contributed by atoms with van der Waals surface area (Å²) in [7, 11) is -6.61. The fraction of sp³-hybridized carbons (Fsp3) is 1.00. The monoisotopic (exact) mass is 446 g/mol. The normalized spacial score (nSPS) is 27.9. The van der Waals surface area contributed by atoms with Crippen molar-refractivity contribution in [2.75, 3.05) is 52.4 Å². The standard InChI is InChI=1S/C20H40N4O3P2/c25-28(21-13-5-1-6-14-21,22-15-7-2-8-16-22)27-29(26,23-17-9-3-10-18-23)24-19-11-4-12-20-24/h1-20H2. The highest BCUT2D eigenvalue weighted by molar-refractivity contribution is 7.67. The zero-order valence-electron chi connectivity index (χ0n) is 18.1. The van der Waals surface area contributed by atoms with Crippen LogP contribution in [-0.2, 0) is 13.4 Å². The van der Waals surface area contributed by atoms with E-state index in [0.29, 0.717) is 0 Å². The first-order chi connectivity index (χ1) is 14.1. The Kier molecular flexibility index (Phi) is 7.94. The Morgan fingerprint density at radius 3 is 0.793 bits per heavy atom. The zero-order chi connectivity index (χ0) is 20.2. The van der Waals surface area contributed by atoms with Gasteiger partial charge in [0.25, 0.3) is 0 Å². The largest absolute Gasteiger partial charge is 0.353 e. The Hall–Kier alpha value is 0.260. The van der Waals surface area contributed by atoms with E-state index in [2.05, 4.69) is 18.7 Å². The molecule has 4 saturated heterocycles. The molecule has 0 radical (unpaired) electrons. The Labute approximate surface area is 177 Å². The van der Waals surface area contributed by atoms with Gasteiger partial charge in [-0.25, -0.2) is 23.0 Å². The summed E-state index contributed by atoms with van der Waals surface area (Å²) in [4.78, 5) is 0. The molecule has 4 aliphatic rings. The molecule has 0 aromatic carbocycles. The van der Waals surface area contributed by atoms with Crippen molar-refractivity contribution in [2.45, 2.75) is 77.0 Å². The predicted octanol–water partition coefficient (Wildman–Crippen LogP) is 5.16. The van der Waals surface area contributed by atoms with Gasteiger partial charge in [0.15, 0.2) is 0 Å². The molecule has 29 heavy (non-hydrogen) atoms. The SMILES string of the molecule is O=P(OP(=O)(N1CCCCC1)N1CCCCC1)(N1CCCCC1)N1CCCCC1. The van der Waals surface area contributed by atoms with Crippen LogP contribution in [0.5, 0.6) is 0 Å². The van der Waals surface area contributed by atoms with Gasteiger partial charge >= 0.3 is 15.3 Å². The van der Waals surface area contributed by atoms with Crippen LogP contribution in [0.1, 0.15) is 77.0 Å². The number of hydrogen-bond acceptors (Lipinski definition) is 3. The molecule has 7 nitrogen and oxygen atoms in total. The number of nitrogens with zero attached hydrogens (tertiary/aromatic N) is 4. The summed E-state index contributed by atoms with van der Waals surface area (Å²) in [6.07, 6.45) is 13.2. The molecule has 0 unspecified atom stereocenters. The van der Waals surface area contributed by atoms with E-state index in [1.807, 2.05) is 0 Å². The van der Waals surface area contributed by atoms with Gasteiger partial charge in [-0.05, 0) is 51.4 Å². The smallest absolute Gasteiger partial charge is 0.255 e. The first-order valence-corrected chi connectivity index (χ1v) is 15.1. The van der Waals surface area contributed by atoms with Crippen LogP contribution < -0.4 is 0 Å². The van der Waals surface area contributed by atoms with E-state index in [9.17, 15) is 9.13 Å². The average Bonchev–Trinajstić information content (AvgIpc) is 2.81. The molecule has 0 atom stereocenters. The lowest BCUT2D eigenvalue weighted by atomic mass is 10.2. The molecule has 0 bridgehead atoms. The summed E-state index contributed by atoms with van der Waals surface area (Å²) in [5.74, 6) is 0. The van der Waals surface area contributed by atoms with Crippen LogP contribution in [0.15, 0.2) is 0 Å². The first-order valence-electron chi connectivity index (χ1n) is 12.1. The molecule has 168 valence electrons. The van der Waals surface area contributed by atoms with Gasteiger partial charge < -0.3 is 0 Å². The van der Waals surface area contributed by atoms with Crippen molar-refractivity contribution in [3.05, 3.63) is 0 Å². The first kappa shape index (κ1) is 22.5. The second kappa shape index (κ2) is 10.3. The number of rotatable bonds is 6. The molecule has 0 saturated carbocycles. The zero-order valence-corrected chi connectivity index (χ0v) is 19.8.